The van der Waals surface area contributed by atoms with Crippen molar-refractivity contribution >= 4 is 29.7 Å². The number of nitro groups is 1. The van der Waals surface area contributed by atoms with E-state index in [1.807, 2.05) is 11.0 Å². The van der Waals surface area contributed by atoms with Gasteiger partial charge in [0.15, 0.2) is 0 Å². The number of rotatable bonds is 7. The molecule has 1 amide bonds. The smallest absolute Gasteiger partial charge is 0.270 e. The van der Waals surface area contributed by atoms with Crippen molar-refractivity contribution in [1.82, 2.24) is 5.32 Å². The molecule has 9 heteroatoms. The summed E-state index contributed by atoms with van der Waals surface area (Å²) in [6.45, 7) is 1.36. The van der Waals surface area contributed by atoms with Gasteiger partial charge in [-0.05, 0) is 24.8 Å². The van der Waals surface area contributed by atoms with Crippen molar-refractivity contribution in [3.63, 3.8) is 0 Å². The van der Waals surface area contributed by atoms with Crippen molar-refractivity contribution < 1.29 is 9.72 Å². The van der Waals surface area contributed by atoms with Crippen LogP contribution in [0.4, 0.5) is 11.4 Å². The van der Waals surface area contributed by atoms with Gasteiger partial charge in [0, 0.05) is 31.3 Å². The SMILES string of the molecule is Cl.N#Cc1cc([N+](=O)[O-])ccc1N1CC[C@H](N[C@@H](CC2CC2)C(N)=O)C1. The molecule has 1 aromatic carbocycles. The highest BCUT2D eigenvalue weighted by atomic mass is 35.5. The lowest BCUT2D eigenvalue weighted by molar-refractivity contribution is -0.384. The predicted octanol–water partition coefficient (Wildman–Crippen LogP) is 1.71. The second-order valence-corrected chi connectivity index (χ2v) is 6.80. The minimum atomic E-state index is -0.506. The molecule has 1 saturated carbocycles. The lowest BCUT2D eigenvalue weighted by Gasteiger charge is -2.22. The maximum Gasteiger partial charge on any atom is 0.270 e. The van der Waals surface area contributed by atoms with Crippen molar-refractivity contribution in [1.29, 1.82) is 5.26 Å². The molecular formula is C17H22ClN5O3. The minimum Gasteiger partial charge on any atom is -0.369 e. The molecule has 8 nitrogen and oxygen atoms in total. The van der Waals surface area contributed by atoms with Crippen LogP contribution >= 0.6 is 12.4 Å². The van der Waals surface area contributed by atoms with Crippen LogP contribution in [-0.4, -0.2) is 36.0 Å². The largest absolute Gasteiger partial charge is 0.369 e. The number of nitrogens with one attached hydrogen (secondary N) is 1. The average Bonchev–Trinajstić information content (AvgIpc) is 3.29. The van der Waals surface area contributed by atoms with Gasteiger partial charge in [0.2, 0.25) is 5.91 Å². The number of nitrogens with zero attached hydrogens (tertiary/aromatic N) is 3. The number of halogens is 1. The maximum absolute atomic E-state index is 11.6. The Morgan fingerprint density at radius 2 is 2.19 bits per heavy atom. The molecule has 3 rings (SSSR count). The Balaban J connectivity index is 0.00000243. The first-order chi connectivity index (χ1) is 12.0. The minimum absolute atomic E-state index is 0. The second kappa shape index (κ2) is 8.34. The Morgan fingerprint density at radius 1 is 1.46 bits per heavy atom. The number of carbonyl (C=O) groups is 1. The summed E-state index contributed by atoms with van der Waals surface area (Å²) in [5, 5.41) is 23.5. The van der Waals surface area contributed by atoms with E-state index in [1.165, 1.54) is 12.1 Å². The quantitative estimate of drug-likeness (QED) is 0.548. The van der Waals surface area contributed by atoms with Crippen molar-refractivity contribution in [3.8, 4) is 6.07 Å². The number of primary amides is 1. The Labute approximate surface area is 157 Å². The average molecular weight is 380 g/mol. The number of nitrogens with two attached hydrogens (primary N) is 1. The number of nitro benzene ring substituents is 1. The molecule has 0 unspecified atom stereocenters. The highest BCUT2D eigenvalue weighted by Gasteiger charge is 2.32. The topological polar surface area (TPSA) is 125 Å². The third-order valence-corrected chi connectivity index (χ3v) is 4.89. The summed E-state index contributed by atoms with van der Waals surface area (Å²) in [7, 11) is 0. The van der Waals surface area contributed by atoms with E-state index < -0.39 is 4.92 Å². The van der Waals surface area contributed by atoms with Crippen LogP contribution in [0.25, 0.3) is 0 Å². The number of anilines is 1. The van der Waals surface area contributed by atoms with Gasteiger partial charge in [0.1, 0.15) is 6.07 Å². The fraction of sp³-hybridized carbons (Fsp3) is 0.529. The zero-order chi connectivity index (χ0) is 18.0. The van der Waals surface area contributed by atoms with Crippen molar-refractivity contribution in [2.75, 3.05) is 18.0 Å². The van der Waals surface area contributed by atoms with Crippen LogP contribution in [0.15, 0.2) is 18.2 Å². The number of hydrogen-bond donors (Lipinski definition) is 2. The third kappa shape index (κ3) is 4.62. The van der Waals surface area contributed by atoms with Gasteiger partial charge in [-0.15, -0.1) is 12.4 Å². The molecule has 140 valence electrons. The number of non-ortho nitro benzene ring substituents is 1. The van der Waals surface area contributed by atoms with E-state index in [-0.39, 0.29) is 36.1 Å². The van der Waals surface area contributed by atoms with E-state index in [2.05, 4.69) is 5.32 Å². The highest BCUT2D eigenvalue weighted by Crippen LogP contribution is 2.34. The molecule has 2 aliphatic rings. The van der Waals surface area contributed by atoms with Crippen LogP contribution in [0.2, 0.25) is 0 Å². The Bertz CT molecular complexity index is 732. The molecule has 1 heterocycles. The lowest BCUT2D eigenvalue weighted by atomic mass is 10.1. The number of nitriles is 1. The van der Waals surface area contributed by atoms with Gasteiger partial charge >= 0.3 is 0 Å². The first-order valence-corrected chi connectivity index (χ1v) is 8.46. The van der Waals surface area contributed by atoms with Crippen molar-refractivity contribution in [3.05, 3.63) is 33.9 Å². The summed E-state index contributed by atoms with van der Waals surface area (Å²) in [6, 6.07) is 6.16. The zero-order valence-electron chi connectivity index (χ0n) is 14.3. The molecular weight excluding hydrogens is 358 g/mol. The van der Waals surface area contributed by atoms with Gasteiger partial charge in [-0.25, -0.2) is 0 Å². The molecule has 0 spiro atoms. The third-order valence-electron chi connectivity index (χ3n) is 4.89. The molecule has 0 bridgehead atoms. The van der Waals surface area contributed by atoms with Gasteiger partial charge in [0.05, 0.1) is 22.2 Å². The van der Waals surface area contributed by atoms with Crippen LogP contribution in [-0.2, 0) is 4.79 Å². The first kappa shape index (κ1) is 19.9. The summed E-state index contributed by atoms with van der Waals surface area (Å²) in [6.07, 6.45) is 3.94. The van der Waals surface area contributed by atoms with Crippen LogP contribution in [0.5, 0.6) is 0 Å². The summed E-state index contributed by atoms with van der Waals surface area (Å²) in [5.74, 6) is 0.278. The molecule has 0 aromatic heterocycles. The molecule has 1 aliphatic carbocycles. The summed E-state index contributed by atoms with van der Waals surface area (Å²) in [4.78, 5) is 24.0. The molecule has 26 heavy (non-hydrogen) atoms. The Morgan fingerprint density at radius 3 is 2.77 bits per heavy atom. The molecule has 0 radical (unpaired) electrons. The monoisotopic (exact) mass is 379 g/mol. The molecule has 1 saturated heterocycles. The first-order valence-electron chi connectivity index (χ1n) is 8.46. The molecule has 2 atom stereocenters. The summed E-state index contributed by atoms with van der Waals surface area (Å²) >= 11 is 0. The number of benzene rings is 1. The fourth-order valence-electron chi connectivity index (χ4n) is 3.36. The molecule has 1 aliphatic heterocycles. The van der Waals surface area contributed by atoms with Crippen molar-refractivity contribution in [2.45, 2.75) is 37.8 Å². The molecule has 3 N–H and O–H groups in total. The maximum atomic E-state index is 11.6. The Hall–Kier alpha value is -2.37. The van der Waals surface area contributed by atoms with Crippen LogP contribution in [0.3, 0.4) is 0 Å². The van der Waals surface area contributed by atoms with Gasteiger partial charge in [0.25, 0.3) is 5.69 Å². The number of carbonyl (C=O) groups excluding carboxylic acids is 1. The van der Waals surface area contributed by atoms with Crippen molar-refractivity contribution in [2.24, 2.45) is 11.7 Å². The van der Waals surface area contributed by atoms with E-state index in [0.29, 0.717) is 23.7 Å². The van der Waals surface area contributed by atoms with Gasteiger partial charge in [-0.3, -0.25) is 14.9 Å². The van der Waals surface area contributed by atoms with E-state index >= 15 is 0 Å². The second-order valence-electron chi connectivity index (χ2n) is 6.80. The Kier molecular flexibility index (Phi) is 6.40. The zero-order valence-corrected chi connectivity index (χ0v) is 15.1. The normalized spacial score (nSPS) is 20.1. The lowest BCUT2D eigenvalue weighted by Crippen LogP contribution is -2.47. The van der Waals surface area contributed by atoms with Crippen LogP contribution in [0, 0.1) is 27.4 Å². The van der Waals surface area contributed by atoms with Crippen LogP contribution < -0.4 is 16.0 Å². The van der Waals surface area contributed by atoms with Gasteiger partial charge in [-0.1, -0.05) is 12.8 Å². The van der Waals surface area contributed by atoms with E-state index in [9.17, 15) is 20.2 Å². The standard InChI is InChI=1S/C17H21N5O3.ClH/c18-9-12-8-14(22(24)25)3-4-16(12)21-6-5-13(10-21)20-15(17(19)23)7-11-1-2-11;/h3-4,8,11,13,15,20H,1-2,5-7,10H2,(H2,19,23);1H/t13-,15-;/m0./s1. The molecule has 1 aromatic rings. The summed E-state index contributed by atoms with van der Waals surface area (Å²) in [5.41, 5.74) is 6.40. The van der Waals surface area contributed by atoms with E-state index in [0.717, 1.165) is 32.2 Å². The number of amides is 1. The van der Waals surface area contributed by atoms with Gasteiger partial charge < -0.3 is 16.0 Å². The van der Waals surface area contributed by atoms with Crippen LogP contribution in [0.1, 0.15) is 31.2 Å². The predicted molar refractivity (Wildman–Crippen MR) is 99.1 cm³/mol. The summed E-state index contributed by atoms with van der Waals surface area (Å²) < 4.78 is 0. The van der Waals surface area contributed by atoms with Gasteiger partial charge in [-0.2, -0.15) is 5.26 Å². The fourth-order valence-corrected chi connectivity index (χ4v) is 3.36. The highest BCUT2D eigenvalue weighted by molar-refractivity contribution is 5.85. The van der Waals surface area contributed by atoms with E-state index in [4.69, 9.17) is 5.73 Å². The van der Waals surface area contributed by atoms with E-state index in [1.54, 1.807) is 6.07 Å². The number of hydrogen-bond acceptors (Lipinski definition) is 6. The molecule has 2 fully saturated rings.